The van der Waals surface area contributed by atoms with Crippen LogP contribution < -0.4 is 0 Å². The molecule has 19 heavy (non-hydrogen) atoms. The fraction of sp³-hybridized carbons (Fsp3) is 0.643. The zero-order chi connectivity index (χ0) is 14.1. The maximum atomic E-state index is 11.8. The summed E-state index contributed by atoms with van der Waals surface area (Å²) in [5, 5.41) is 0. The summed E-state index contributed by atoms with van der Waals surface area (Å²) in [6, 6.07) is 0. The Morgan fingerprint density at radius 1 is 1.26 bits per heavy atom. The van der Waals surface area contributed by atoms with E-state index in [0.29, 0.717) is 31.2 Å². The zero-order valence-corrected chi connectivity index (χ0v) is 11.9. The zero-order valence-electron chi connectivity index (χ0n) is 11.9. The quantitative estimate of drug-likeness (QED) is 0.534. The summed E-state index contributed by atoms with van der Waals surface area (Å²) < 4.78 is 10.4. The molecule has 0 saturated heterocycles. The van der Waals surface area contributed by atoms with Gasteiger partial charge in [0.15, 0.2) is 5.82 Å². The Bertz CT molecular complexity index is 408. The number of carbonyl (C=O) groups excluding carboxylic acids is 1. The fourth-order valence-corrected chi connectivity index (χ4v) is 1.64. The maximum absolute atomic E-state index is 11.8. The van der Waals surface area contributed by atoms with Crippen molar-refractivity contribution in [3.8, 4) is 0 Å². The molecule has 1 heterocycles. The Kier molecular flexibility index (Phi) is 7.03. The Morgan fingerprint density at radius 3 is 2.68 bits per heavy atom. The van der Waals surface area contributed by atoms with Crippen LogP contribution in [0.5, 0.6) is 0 Å². The molecular formula is C14H22N2O3. The molecule has 0 aliphatic carbocycles. The molecule has 106 valence electrons. The normalized spacial score (nSPS) is 10.5. The molecule has 0 amide bonds. The number of ether oxygens (including phenoxy) is 2. The first-order valence-corrected chi connectivity index (χ1v) is 6.82. The lowest BCUT2D eigenvalue weighted by atomic mass is 10.1. The second-order valence-corrected chi connectivity index (χ2v) is 4.17. The third-order valence-electron chi connectivity index (χ3n) is 2.48. The monoisotopic (exact) mass is 266 g/mol. The van der Waals surface area contributed by atoms with Crippen LogP contribution >= 0.6 is 0 Å². The Balaban J connectivity index is 2.84. The van der Waals surface area contributed by atoms with Crippen LogP contribution in [-0.2, 0) is 22.5 Å². The van der Waals surface area contributed by atoms with Crippen LogP contribution in [0.3, 0.4) is 0 Å². The van der Waals surface area contributed by atoms with Crippen molar-refractivity contribution < 1.29 is 14.3 Å². The highest BCUT2D eigenvalue weighted by Gasteiger charge is 2.15. The molecule has 0 aliphatic heterocycles. The highest BCUT2D eigenvalue weighted by Crippen LogP contribution is 2.10. The molecule has 0 radical (unpaired) electrons. The highest BCUT2D eigenvalue weighted by atomic mass is 16.5. The SMILES string of the molecule is CCCOCc1ncc(C(=O)OCC)c(CCC)n1. The lowest BCUT2D eigenvalue weighted by molar-refractivity contribution is 0.0523. The smallest absolute Gasteiger partial charge is 0.341 e. The van der Waals surface area contributed by atoms with E-state index >= 15 is 0 Å². The summed E-state index contributed by atoms with van der Waals surface area (Å²) in [5.74, 6) is 0.261. The second-order valence-electron chi connectivity index (χ2n) is 4.17. The van der Waals surface area contributed by atoms with Crippen LogP contribution in [0.2, 0.25) is 0 Å². The number of aryl methyl sites for hydroxylation is 1. The van der Waals surface area contributed by atoms with Crippen molar-refractivity contribution >= 4 is 5.97 Å². The van der Waals surface area contributed by atoms with Crippen LogP contribution in [0.25, 0.3) is 0 Å². The van der Waals surface area contributed by atoms with E-state index in [-0.39, 0.29) is 5.97 Å². The van der Waals surface area contributed by atoms with E-state index < -0.39 is 0 Å². The Morgan fingerprint density at radius 2 is 2.05 bits per heavy atom. The van der Waals surface area contributed by atoms with Gasteiger partial charge in [-0.25, -0.2) is 14.8 Å². The summed E-state index contributed by atoms with van der Waals surface area (Å²) >= 11 is 0. The number of nitrogens with zero attached hydrogens (tertiary/aromatic N) is 2. The first kappa shape index (κ1) is 15.6. The van der Waals surface area contributed by atoms with E-state index in [9.17, 15) is 4.79 Å². The molecule has 1 rings (SSSR count). The number of carbonyl (C=O) groups is 1. The van der Waals surface area contributed by atoms with Gasteiger partial charge in [0.1, 0.15) is 6.61 Å². The predicted octanol–water partition coefficient (Wildman–Crippen LogP) is 2.53. The van der Waals surface area contributed by atoms with Gasteiger partial charge in [0.2, 0.25) is 0 Å². The van der Waals surface area contributed by atoms with Gasteiger partial charge in [-0.2, -0.15) is 0 Å². The molecule has 0 bridgehead atoms. The second kappa shape index (κ2) is 8.58. The van der Waals surface area contributed by atoms with E-state index in [4.69, 9.17) is 9.47 Å². The molecule has 0 atom stereocenters. The molecular weight excluding hydrogens is 244 g/mol. The van der Waals surface area contributed by atoms with Crippen molar-refractivity contribution in [1.29, 1.82) is 0 Å². The first-order chi connectivity index (χ1) is 9.22. The van der Waals surface area contributed by atoms with E-state index in [0.717, 1.165) is 25.0 Å². The number of esters is 1. The van der Waals surface area contributed by atoms with Crippen molar-refractivity contribution in [2.24, 2.45) is 0 Å². The summed E-state index contributed by atoms with van der Waals surface area (Å²) in [5.41, 5.74) is 1.20. The largest absolute Gasteiger partial charge is 0.462 e. The van der Waals surface area contributed by atoms with Crippen LogP contribution in [0, 0.1) is 0 Å². The molecule has 0 N–H and O–H groups in total. The maximum Gasteiger partial charge on any atom is 0.341 e. The molecule has 5 nitrogen and oxygen atoms in total. The van der Waals surface area contributed by atoms with Crippen molar-refractivity contribution in [3.63, 3.8) is 0 Å². The molecule has 0 saturated carbocycles. The van der Waals surface area contributed by atoms with Gasteiger partial charge in [0.25, 0.3) is 0 Å². The minimum absolute atomic E-state index is 0.353. The molecule has 0 unspecified atom stereocenters. The van der Waals surface area contributed by atoms with Gasteiger partial charge in [-0.15, -0.1) is 0 Å². The molecule has 1 aromatic heterocycles. The lowest BCUT2D eigenvalue weighted by Crippen LogP contribution is -2.13. The number of hydrogen-bond donors (Lipinski definition) is 0. The molecule has 0 aliphatic rings. The van der Waals surface area contributed by atoms with Crippen molar-refractivity contribution in [3.05, 3.63) is 23.3 Å². The number of aromatic nitrogens is 2. The van der Waals surface area contributed by atoms with Gasteiger partial charge in [-0.05, 0) is 19.8 Å². The van der Waals surface area contributed by atoms with E-state index in [1.807, 2.05) is 13.8 Å². The van der Waals surface area contributed by atoms with E-state index in [1.165, 1.54) is 0 Å². The van der Waals surface area contributed by atoms with Gasteiger partial charge in [-0.1, -0.05) is 20.3 Å². The number of rotatable bonds is 8. The Labute approximate surface area is 114 Å². The molecule has 1 aromatic rings. The van der Waals surface area contributed by atoms with Crippen LogP contribution in [0.1, 0.15) is 55.5 Å². The third-order valence-corrected chi connectivity index (χ3v) is 2.48. The standard InChI is InChI=1S/C14H22N2O3/c1-4-7-12-11(14(17)19-6-3)9-15-13(16-12)10-18-8-5-2/h9H,4-8,10H2,1-3H3. The van der Waals surface area contributed by atoms with Gasteiger partial charge >= 0.3 is 5.97 Å². The summed E-state index contributed by atoms with van der Waals surface area (Å²) in [7, 11) is 0. The van der Waals surface area contributed by atoms with Crippen LogP contribution in [-0.4, -0.2) is 29.2 Å². The van der Waals surface area contributed by atoms with Gasteiger partial charge in [0, 0.05) is 12.8 Å². The Hall–Kier alpha value is -1.49. The van der Waals surface area contributed by atoms with Crippen LogP contribution in [0.4, 0.5) is 0 Å². The highest BCUT2D eigenvalue weighted by molar-refractivity contribution is 5.90. The topological polar surface area (TPSA) is 61.3 Å². The van der Waals surface area contributed by atoms with Crippen molar-refractivity contribution in [1.82, 2.24) is 9.97 Å². The molecule has 0 aromatic carbocycles. The molecule has 0 fully saturated rings. The summed E-state index contributed by atoms with van der Waals surface area (Å²) in [4.78, 5) is 20.3. The molecule has 5 heteroatoms. The van der Waals surface area contributed by atoms with E-state index in [1.54, 1.807) is 13.1 Å². The third kappa shape index (κ3) is 4.95. The minimum Gasteiger partial charge on any atom is -0.462 e. The fourth-order valence-electron chi connectivity index (χ4n) is 1.64. The lowest BCUT2D eigenvalue weighted by Gasteiger charge is -2.09. The van der Waals surface area contributed by atoms with Crippen molar-refractivity contribution in [2.75, 3.05) is 13.2 Å². The van der Waals surface area contributed by atoms with E-state index in [2.05, 4.69) is 9.97 Å². The van der Waals surface area contributed by atoms with Gasteiger partial charge in [0.05, 0.1) is 17.9 Å². The minimum atomic E-state index is -0.355. The van der Waals surface area contributed by atoms with Gasteiger partial charge < -0.3 is 9.47 Å². The average Bonchev–Trinajstić information content (AvgIpc) is 2.40. The predicted molar refractivity (Wildman–Crippen MR) is 71.9 cm³/mol. The molecule has 0 spiro atoms. The summed E-state index contributed by atoms with van der Waals surface area (Å²) in [6.45, 7) is 7.30. The summed E-state index contributed by atoms with van der Waals surface area (Å²) in [6.07, 6.45) is 4.15. The number of hydrogen-bond acceptors (Lipinski definition) is 5. The van der Waals surface area contributed by atoms with Crippen LogP contribution in [0.15, 0.2) is 6.20 Å². The first-order valence-electron chi connectivity index (χ1n) is 6.82. The van der Waals surface area contributed by atoms with Crippen molar-refractivity contribution in [2.45, 2.75) is 46.6 Å². The van der Waals surface area contributed by atoms with Gasteiger partial charge in [-0.3, -0.25) is 0 Å². The average molecular weight is 266 g/mol.